The van der Waals surface area contributed by atoms with Crippen molar-refractivity contribution >= 4 is 17.5 Å². The van der Waals surface area contributed by atoms with Gasteiger partial charge in [0.1, 0.15) is 5.82 Å². The van der Waals surface area contributed by atoms with E-state index in [1.165, 1.54) is 0 Å². The highest BCUT2D eigenvalue weighted by Crippen LogP contribution is 2.30. The lowest BCUT2D eigenvalue weighted by atomic mass is 9.94. The summed E-state index contributed by atoms with van der Waals surface area (Å²) in [5.74, 6) is 1.70. The lowest BCUT2D eigenvalue weighted by Gasteiger charge is -2.32. The van der Waals surface area contributed by atoms with E-state index in [-0.39, 0.29) is 11.8 Å². The van der Waals surface area contributed by atoms with E-state index in [2.05, 4.69) is 25.3 Å². The zero-order valence-corrected chi connectivity index (χ0v) is 13.1. The molecule has 1 aliphatic rings. The standard InChI is InChI=1S/C16H20N6O/c1-2-14(23)22-9-3-4-12(11-22)15-16(20-8-7-19-15)21-13-10-17-5-6-18-13/h5-8,10,12H,2-4,9,11H2,1H3,(H,18,20,21)/t12-/m1/s1. The van der Waals surface area contributed by atoms with Gasteiger partial charge >= 0.3 is 0 Å². The van der Waals surface area contributed by atoms with Gasteiger partial charge in [-0.05, 0) is 12.8 Å². The van der Waals surface area contributed by atoms with Gasteiger partial charge in [-0.2, -0.15) is 0 Å². The molecule has 1 aliphatic heterocycles. The maximum atomic E-state index is 12.0. The minimum atomic E-state index is 0.187. The Morgan fingerprint density at radius 3 is 2.87 bits per heavy atom. The Bertz CT molecular complexity index is 663. The van der Waals surface area contributed by atoms with Gasteiger partial charge in [-0.25, -0.2) is 9.97 Å². The largest absolute Gasteiger partial charge is 0.342 e. The van der Waals surface area contributed by atoms with Crippen molar-refractivity contribution in [2.24, 2.45) is 0 Å². The zero-order chi connectivity index (χ0) is 16.1. The highest BCUT2D eigenvalue weighted by atomic mass is 16.2. The van der Waals surface area contributed by atoms with Gasteiger partial charge in [0.2, 0.25) is 5.91 Å². The van der Waals surface area contributed by atoms with E-state index in [9.17, 15) is 4.79 Å². The first-order valence-electron chi connectivity index (χ1n) is 7.89. The van der Waals surface area contributed by atoms with Crippen molar-refractivity contribution < 1.29 is 4.79 Å². The summed E-state index contributed by atoms with van der Waals surface area (Å²) < 4.78 is 0. The van der Waals surface area contributed by atoms with Crippen molar-refractivity contribution in [3.05, 3.63) is 36.7 Å². The number of nitrogens with one attached hydrogen (secondary N) is 1. The fourth-order valence-corrected chi connectivity index (χ4v) is 2.88. The molecule has 3 rings (SSSR count). The number of amides is 1. The van der Waals surface area contributed by atoms with Crippen LogP contribution in [0.4, 0.5) is 11.6 Å². The highest BCUT2D eigenvalue weighted by Gasteiger charge is 2.27. The molecule has 0 radical (unpaired) electrons. The number of piperidine rings is 1. The number of anilines is 2. The molecular formula is C16H20N6O. The maximum Gasteiger partial charge on any atom is 0.222 e. The first kappa shape index (κ1) is 15.3. The molecule has 0 aliphatic carbocycles. The van der Waals surface area contributed by atoms with E-state index in [1.54, 1.807) is 31.0 Å². The molecule has 0 spiro atoms. The molecule has 23 heavy (non-hydrogen) atoms. The SMILES string of the molecule is CCC(=O)N1CCC[C@@H](c2nccnc2Nc2cnccn2)C1. The van der Waals surface area contributed by atoms with Crippen molar-refractivity contribution in [2.75, 3.05) is 18.4 Å². The Labute approximate surface area is 135 Å². The number of hydrogen-bond acceptors (Lipinski definition) is 6. The van der Waals surface area contributed by atoms with E-state index >= 15 is 0 Å². The number of hydrogen-bond donors (Lipinski definition) is 1. The molecule has 1 fully saturated rings. The van der Waals surface area contributed by atoms with Crippen LogP contribution in [0.15, 0.2) is 31.0 Å². The number of carbonyl (C=O) groups is 1. The third-order valence-corrected chi connectivity index (χ3v) is 4.00. The molecular weight excluding hydrogens is 292 g/mol. The maximum absolute atomic E-state index is 12.0. The molecule has 120 valence electrons. The Morgan fingerprint density at radius 1 is 1.26 bits per heavy atom. The van der Waals surface area contributed by atoms with Crippen molar-refractivity contribution in [1.82, 2.24) is 24.8 Å². The molecule has 1 N–H and O–H groups in total. The van der Waals surface area contributed by atoms with E-state index in [1.807, 2.05) is 11.8 Å². The van der Waals surface area contributed by atoms with E-state index in [0.29, 0.717) is 24.6 Å². The van der Waals surface area contributed by atoms with Gasteiger partial charge in [0.15, 0.2) is 5.82 Å². The van der Waals surface area contributed by atoms with Crippen molar-refractivity contribution in [2.45, 2.75) is 32.1 Å². The zero-order valence-electron chi connectivity index (χ0n) is 13.1. The molecule has 0 aromatic carbocycles. The van der Waals surface area contributed by atoms with Gasteiger partial charge in [-0.15, -0.1) is 0 Å². The van der Waals surface area contributed by atoms with E-state index in [0.717, 1.165) is 25.1 Å². The Morgan fingerprint density at radius 2 is 2.09 bits per heavy atom. The predicted octanol–water partition coefficient (Wildman–Crippen LogP) is 2.13. The van der Waals surface area contributed by atoms with Gasteiger partial charge in [0.05, 0.1) is 11.9 Å². The highest BCUT2D eigenvalue weighted by molar-refractivity contribution is 5.76. The fraction of sp³-hybridized carbons (Fsp3) is 0.438. The Hall–Kier alpha value is -2.57. The van der Waals surface area contributed by atoms with Crippen molar-refractivity contribution in [1.29, 1.82) is 0 Å². The third-order valence-electron chi connectivity index (χ3n) is 4.00. The van der Waals surface area contributed by atoms with Crippen LogP contribution in [0.3, 0.4) is 0 Å². The van der Waals surface area contributed by atoms with Gasteiger partial charge in [-0.3, -0.25) is 14.8 Å². The summed E-state index contributed by atoms with van der Waals surface area (Å²) in [4.78, 5) is 31.1. The van der Waals surface area contributed by atoms with E-state index in [4.69, 9.17) is 0 Å². The van der Waals surface area contributed by atoms with Crippen LogP contribution >= 0.6 is 0 Å². The second-order valence-electron chi connectivity index (χ2n) is 5.54. The molecule has 7 heteroatoms. The molecule has 0 saturated carbocycles. The number of nitrogens with zero attached hydrogens (tertiary/aromatic N) is 5. The number of aromatic nitrogens is 4. The summed E-state index contributed by atoms with van der Waals surface area (Å²) in [6.07, 6.45) is 10.8. The topological polar surface area (TPSA) is 83.9 Å². The molecule has 1 saturated heterocycles. The average molecular weight is 312 g/mol. The Kier molecular flexibility index (Phi) is 4.75. The number of likely N-dealkylation sites (tertiary alicyclic amines) is 1. The molecule has 7 nitrogen and oxygen atoms in total. The third kappa shape index (κ3) is 3.61. The van der Waals surface area contributed by atoms with E-state index < -0.39 is 0 Å². The first-order valence-corrected chi connectivity index (χ1v) is 7.89. The lowest BCUT2D eigenvalue weighted by Crippen LogP contribution is -2.39. The minimum Gasteiger partial charge on any atom is -0.342 e. The van der Waals surface area contributed by atoms with Crippen LogP contribution in [0.25, 0.3) is 0 Å². The van der Waals surface area contributed by atoms with Crippen LogP contribution in [-0.2, 0) is 4.79 Å². The second kappa shape index (κ2) is 7.13. The van der Waals surface area contributed by atoms with Crippen molar-refractivity contribution in [3.8, 4) is 0 Å². The van der Waals surface area contributed by atoms with Crippen LogP contribution in [0.1, 0.15) is 37.8 Å². The quantitative estimate of drug-likeness (QED) is 0.931. The van der Waals surface area contributed by atoms with Gasteiger partial charge < -0.3 is 10.2 Å². The molecule has 2 aromatic heterocycles. The monoisotopic (exact) mass is 312 g/mol. The van der Waals surface area contributed by atoms with Crippen LogP contribution in [0.2, 0.25) is 0 Å². The normalized spacial score (nSPS) is 17.8. The summed E-state index contributed by atoms with van der Waals surface area (Å²) in [5.41, 5.74) is 0.881. The minimum absolute atomic E-state index is 0.187. The van der Waals surface area contributed by atoms with Crippen LogP contribution in [0.5, 0.6) is 0 Å². The second-order valence-corrected chi connectivity index (χ2v) is 5.54. The van der Waals surface area contributed by atoms with Gasteiger partial charge in [-0.1, -0.05) is 6.92 Å². The summed E-state index contributed by atoms with van der Waals surface area (Å²) in [6, 6.07) is 0. The van der Waals surface area contributed by atoms with Crippen LogP contribution in [0, 0.1) is 0 Å². The Balaban J connectivity index is 1.81. The number of carbonyl (C=O) groups excluding carboxylic acids is 1. The molecule has 0 bridgehead atoms. The predicted molar refractivity (Wildman–Crippen MR) is 86.2 cm³/mol. The summed E-state index contributed by atoms with van der Waals surface area (Å²) in [6.45, 7) is 3.42. The molecule has 2 aromatic rings. The van der Waals surface area contributed by atoms with Gasteiger partial charge in [0, 0.05) is 50.2 Å². The number of rotatable bonds is 4. The van der Waals surface area contributed by atoms with Gasteiger partial charge in [0.25, 0.3) is 0 Å². The summed E-state index contributed by atoms with van der Waals surface area (Å²) in [5, 5.41) is 3.18. The van der Waals surface area contributed by atoms with Crippen molar-refractivity contribution in [3.63, 3.8) is 0 Å². The smallest absolute Gasteiger partial charge is 0.222 e. The molecule has 1 amide bonds. The summed E-state index contributed by atoms with van der Waals surface area (Å²) in [7, 11) is 0. The average Bonchev–Trinajstić information content (AvgIpc) is 2.62. The fourth-order valence-electron chi connectivity index (χ4n) is 2.88. The molecule has 0 unspecified atom stereocenters. The molecule has 1 atom stereocenters. The lowest BCUT2D eigenvalue weighted by molar-refractivity contribution is -0.132. The molecule has 3 heterocycles. The van der Waals surface area contributed by atoms with Crippen LogP contribution < -0.4 is 5.32 Å². The summed E-state index contributed by atoms with van der Waals surface area (Å²) >= 11 is 0. The van der Waals surface area contributed by atoms with Crippen LogP contribution in [-0.4, -0.2) is 43.8 Å². The first-order chi connectivity index (χ1) is 11.3.